The fourth-order valence-electron chi connectivity index (χ4n) is 2.96. The third-order valence-electron chi connectivity index (χ3n) is 4.47. The van der Waals surface area contributed by atoms with Crippen molar-refractivity contribution in [2.45, 2.75) is 45.2 Å². The Kier molecular flexibility index (Phi) is 5.76. The second-order valence-electron chi connectivity index (χ2n) is 5.85. The second kappa shape index (κ2) is 7.57. The molecule has 0 bridgehead atoms. The molecule has 1 aromatic rings. The minimum atomic E-state index is -0.771. The monoisotopic (exact) mass is 290 g/mol. The zero-order chi connectivity index (χ0) is 15.2. The zero-order valence-corrected chi connectivity index (χ0v) is 13.0. The Bertz CT molecular complexity index is 452. The molecule has 1 fully saturated rings. The minimum absolute atomic E-state index is 0.439. The summed E-state index contributed by atoms with van der Waals surface area (Å²) in [7, 11) is 0. The molecular weight excluding hydrogens is 264 g/mol. The number of piperidine rings is 1. The van der Waals surface area contributed by atoms with Crippen molar-refractivity contribution in [3.05, 3.63) is 35.4 Å². The lowest BCUT2D eigenvalue weighted by atomic mass is 9.99. The van der Waals surface area contributed by atoms with Crippen molar-refractivity contribution in [2.24, 2.45) is 0 Å². The van der Waals surface area contributed by atoms with E-state index < -0.39 is 11.9 Å². The zero-order valence-electron chi connectivity index (χ0n) is 13.0. The van der Waals surface area contributed by atoms with Crippen LogP contribution >= 0.6 is 0 Å². The van der Waals surface area contributed by atoms with Gasteiger partial charge in [0.15, 0.2) is 0 Å². The van der Waals surface area contributed by atoms with Gasteiger partial charge in [0.1, 0.15) is 0 Å². The van der Waals surface area contributed by atoms with Crippen molar-refractivity contribution in [3.63, 3.8) is 0 Å². The molecule has 0 spiro atoms. The first-order valence-corrected chi connectivity index (χ1v) is 7.88. The van der Waals surface area contributed by atoms with Crippen LogP contribution in [0.3, 0.4) is 0 Å². The van der Waals surface area contributed by atoms with Crippen molar-refractivity contribution >= 4 is 5.97 Å². The van der Waals surface area contributed by atoms with Crippen LogP contribution in [0.2, 0.25) is 0 Å². The van der Waals surface area contributed by atoms with E-state index in [9.17, 15) is 4.79 Å². The minimum Gasteiger partial charge on any atom is -0.481 e. The molecule has 2 rings (SSSR count). The van der Waals surface area contributed by atoms with Gasteiger partial charge in [0.25, 0.3) is 0 Å². The molecule has 1 unspecified atom stereocenters. The lowest BCUT2D eigenvalue weighted by molar-refractivity contribution is -0.138. The fourth-order valence-corrected chi connectivity index (χ4v) is 2.96. The molecule has 1 saturated heterocycles. The number of nitrogens with one attached hydrogen (secondary N) is 1. The van der Waals surface area contributed by atoms with Gasteiger partial charge in [-0.25, -0.2) is 0 Å². The van der Waals surface area contributed by atoms with Crippen molar-refractivity contribution in [1.82, 2.24) is 10.2 Å². The Labute approximate surface area is 127 Å². The van der Waals surface area contributed by atoms with Gasteiger partial charge in [-0.1, -0.05) is 31.2 Å². The number of carboxylic acid groups (broad SMARTS) is 1. The lowest BCUT2D eigenvalue weighted by Gasteiger charge is -2.34. The molecular formula is C17H26N2O2. The quantitative estimate of drug-likeness (QED) is 0.845. The predicted molar refractivity (Wildman–Crippen MR) is 84.5 cm³/mol. The van der Waals surface area contributed by atoms with Crippen LogP contribution in [0.25, 0.3) is 0 Å². The molecule has 1 atom stereocenters. The van der Waals surface area contributed by atoms with Gasteiger partial charge >= 0.3 is 5.97 Å². The van der Waals surface area contributed by atoms with Crippen molar-refractivity contribution in [2.75, 3.05) is 19.6 Å². The SMILES string of the molecule is CCN(Cc1ccc(C(C)C(=O)O)cc1)C1CCNCC1. The number of hydrogen-bond donors (Lipinski definition) is 2. The summed E-state index contributed by atoms with van der Waals surface area (Å²) < 4.78 is 0. The van der Waals surface area contributed by atoms with Crippen LogP contribution in [0.4, 0.5) is 0 Å². The van der Waals surface area contributed by atoms with Gasteiger partial charge in [-0.3, -0.25) is 9.69 Å². The van der Waals surface area contributed by atoms with Crippen LogP contribution in [0, 0.1) is 0 Å². The maximum absolute atomic E-state index is 11.0. The summed E-state index contributed by atoms with van der Waals surface area (Å²) in [4.78, 5) is 13.5. The van der Waals surface area contributed by atoms with Crippen LogP contribution in [0.1, 0.15) is 43.7 Å². The van der Waals surface area contributed by atoms with Gasteiger partial charge in [0.05, 0.1) is 5.92 Å². The van der Waals surface area contributed by atoms with Crippen molar-refractivity contribution in [3.8, 4) is 0 Å². The van der Waals surface area contributed by atoms with Gasteiger partial charge in [-0.2, -0.15) is 0 Å². The van der Waals surface area contributed by atoms with Crippen LogP contribution in [0.15, 0.2) is 24.3 Å². The summed E-state index contributed by atoms with van der Waals surface area (Å²) in [5.41, 5.74) is 2.13. The molecule has 2 N–H and O–H groups in total. The average molecular weight is 290 g/mol. The highest BCUT2D eigenvalue weighted by atomic mass is 16.4. The molecule has 0 saturated carbocycles. The molecule has 4 nitrogen and oxygen atoms in total. The summed E-state index contributed by atoms with van der Waals surface area (Å²) >= 11 is 0. The molecule has 0 aliphatic carbocycles. The van der Waals surface area contributed by atoms with Crippen LogP contribution < -0.4 is 5.32 Å². The Morgan fingerprint density at radius 3 is 2.48 bits per heavy atom. The molecule has 1 aromatic carbocycles. The number of carboxylic acids is 1. The first kappa shape index (κ1) is 16.0. The third kappa shape index (κ3) is 4.29. The molecule has 0 radical (unpaired) electrons. The maximum atomic E-state index is 11.0. The third-order valence-corrected chi connectivity index (χ3v) is 4.47. The smallest absolute Gasteiger partial charge is 0.310 e. The Balaban J connectivity index is 1.99. The predicted octanol–water partition coefficient (Wildman–Crippen LogP) is 2.45. The van der Waals surface area contributed by atoms with Gasteiger partial charge in [-0.05, 0) is 50.5 Å². The van der Waals surface area contributed by atoms with E-state index in [4.69, 9.17) is 5.11 Å². The number of rotatable bonds is 6. The number of nitrogens with zero attached hydrogens (tertiary/aromatic N) is 1. The van der Waals surface area contributed by atoms with Gasteiger partial charge in [0, 0.05) is 12.6 Å². The number of hydrogen-bond acceptors (Lipinski definition) is 3. The summed E-state index contributed by atoms with van der Waals surface area (Å²) in [5, 5.41) is 12.5. The van der Waals surface area contributed by atoms with Crippen molar-refractivity contribution < 1.29 is 9.90 Å². The molecule has 0 amide bonds. The van der Waals surface area contributed by atoms with Crippen molar-refractivity contribution in [1.29, 1.82) is 0 Å². The van der Waals surface area contributed by atoms with E-state index in [1.807, 2.05) is 12.1 Å². The van der Waals surface area contributed by atoms with E-state index in [1.54, 1.807) is 6.92 Å². The highest BCUT2D eigenvalue weighted by molar-refractivity contribution is 5.75. The Morgan fingerprint density at radius 1 is 1.33 bits per heavy atom. The van der Waals surface area contributed by atoms with E-state index in [1.165, 1.54) is 18.4 Å². The highest BCUT2D eigenvalue weighted by Gasteiger charge is 2.20. The van der Waals surface area contributed by atoms with Crippen LogP contribution in [-0.2, 0) is 11.3 Å². The first-order chi connectivity index (χ1) is 10.1. The van der Waals surface area contributed by atoms with Gasteiger partial charge in [-0.15, -0.1) is 0 Å². The Morgan fingerprint density at radius 2 is 1.95 bits per heavy atom. The van der Waals surface area contributed by atoms with E-state index in [0.29, 0.717) is 6.04 Å². The number of carbonyl (C=O) groups is 1. The lowest BCUT2D eigenvalue weighted by Crippen LogP contribution is -2.42. The molecule has 1 aliphatic rings. The van der Waals surface area contributed by atoms with E-state index in [-0.39, 0.29) is 0 Å². The summed E-state index contributed by atoms with van der Waals surface area (Å²) in [6.45, 7) is 8.15. The molecule has 21 heavy (non-hydrogen) atoms. The second-order valence-corrected chi connectivity index (χ2v) is 5.85. The summed E-state index contributed by atoms with van der Waals surface area (Å²) in [6, 6.07) is 8.69. The number of benzene rings is 1. The average Bonchev–Trinajstić information content (AvgIpc) is 2.53. The molecule has 1 heterocycles. The topological polar surface area (TPSA) is 52.6 Å². The highest BCUT2D eigenvalue weighted by Crippen LogP contribution is 2.19. The molecule has 116 valence electrons. The summed E-state index contributed by atoms with van der Waals surface area (Å²) in [5.74, 6) is -1.21. The van der Waals surface area contributed by atoms with E-state index in [0.717, 1.165) is 31.7 Å². The van der Waals surface area contributed by atoms with E-state index >= 15 is 0 Å². The van der Waals surface area contributed by atoms with E-state index in [2.05, 4.69) is 29.3 Å². The first-order valence-electron chi connectivity index (χ1n) is 7.88. The maximum Gasteiger partial charge on any atom is 0.310 e. The van der Waals surface area contributed by atoms with Gasteiger partial charge in [0.2, 0.25) is 0 Å². The standard InChI is InChI=1S/C17H26N2O2/c1-3-19(16-8-10-18-11-9-16)12-14-4-6-15(7-5-14)13(2)17(20)21/h4-7,13,16,18H,3,8-12H2,1-2H3,(H,20,21). The molecule has 4 heteroatoms. The van der Waals surface area contributed by atoms with Gasteiger partial charge < -0.3 is 10.4 Å². The summed E-state index contributed by atoms with van der Waals surface area (Å²) in [6.07, 6.45) is 2.42. The largest absolute Gasteiger partial charge is 0.481 e. The number of aliphatic carboxylic acids is 1. The molecule has 0 aromatic heterocycles. The normalized spacial score (nSPS) is 17.9. The Hall–Kier alpha value is -1.39. The van der Waals surface area contributed by atoms with Crippen LogP contribution in [0.5, 0.6) is 0 Å². The molecule has 1 aliphatic heterocycles. The fraction of sp³-hybridized carbons (Fsp3) is 0.588. The van der Waals surface area contributed by atoms with Crippen LogP contribution in [-0.4, -0.2) is 41.7 Å².